The van der Waals surface area contributed by atoms with Crippen molar-refractivity contribution in [2.75, 3.05) is 39.3 Å². The normalized spacial score (nSPS) is 24.0. The molecule has 3 nitrogen and oxygen atoms in total. The van der Waals surface area contributed by atoms with Crippen molar-refractivity contribution < 1.29 is 17.6 Å². The molecule has 1 aromatic carbocycles. The summed E-state index contributed by atoms with van der Waals surface area (Å²) in [5.74, 6) is -0.259. The van der Waals surface area contributed by atoms with E-state index in [0.29, 0.717) is 32.7 Å². The molecule has 1 N–H and O–H groups in total. The van der Waals surface area contributed by atoms with Gasteiger partial charge in [0.25, 0.3) is 0 Å². The molecule has 0 aromatic heterocycles. The molecular formula is C17H21F4N3. The highest BCUT2D eigenvalue weighted by Gasteiger charge is 2.33. The van der Waals surface area contributed by atoms with Gasteiger partial charge in [-0.1, -0.05) is 18.2 Å². The van der Waals surface area contributed by atoms with Crippen LogP contribution < -0.4 is 5.32 Å². The van der Waals surface area contributed by atoms with Crippen molar-refractivity contribution in [3.63, 3.8) is 0 Å². The standard InChI is InChI=1S/C17H21F4N3/c18-15-3-1-13(2-4-15)14-5-6-22-16(11-14)24-9-7-23(8-10-24)12-17(19,20)21/h1-5,16,22H,6-12H2. The molecular weight excluding hydrogens is 322 g/mol. The molecule has 1 atom stereocenters. The van der Waals surface area contributed by atoms with Gasteiger partial charge in [0.2, 0.25) is 0 Å². The number of hydrogen-bond acceptors (Lipinski definition) is 3. The van der Waals surface area contributed by atoms with Gasteiger partial charge in [-0.2, -0.15) is 13.2 Å². The quantitative estimate of drug-likeness (QED) is 0.852. The first-order chi connectivity index (χ1) is 11.4. The molecule has 1 saturated heterocycles. The Kier molecular flexibility index (Phi) is 5.22. The number of benzene rings is 1. The van der Waals surface area contributed by atoms with Gasteiger partial charge in [0, 0.05) is 39.1 Å². The van der Waals surface area contributed by atoms with E-state index in [-0.39, 0.29) is 12.0 Å². The Labute approximate surface area is 138 Å². The number of alkyl halides is 3. The van der Waals surface area contributed by atoms with Crippen LogP contribution in [0.5, 0.6) is 0 Å². The maximum absolute atomic E-state index is 13.1. The Morgan fingerprint density at radius 3 is 2.33 bits per heavy atom. The second kappa shape index (κ2) is 7.21. The van der Waals surface area contributed by atoms with Gasteiger partial charge in [-0.15, -0.1) is 0 Å². The maximum atomic E-state index is 13.1. The van der Waals surface area contributed by atoms with E-state index in [4.69, 9.17) is 0 Å². The molecule has 132 valence electrons. The van der Waals surface area contributed by atoms with Crippen LogP contribution in [-0.2, 0) is 0 Å². The summed E-state index contributed by atoms with van der Waals surface area (Å²) in [5.41, 5.74) is 2.15. The largest absolute Gasteiger partial charge is 0.401 e. The molecule has 1 unspecified atom stereocenters. The van der Waals surface area contributed by atoms with E-state index < -0.39 is 12.7 Å². The van der Waals surface area contributed by atoms with Crippen LogP contribution in [0.4, 0.5) is 17.6 Å². The molecule has 7 heteroatoms. The molecule has 0 aliphatic carbocycles. The number of nitrogens with one attached hydrogen (secondary N) is 1. The second-order valence-electron chi connectivity index (χ2n) is 6.29. The fourth-order valence-corrected chi connectivity index (χ4v) is 3.33. The number of halogens is 4. The number of piperazine rings is 1. The lowest BCUT2D eigenvalue weighted by Crippen LogP contribution is -2.56. The van der Waals surface area contributed by atoms with Crippen molar-refractivity contribution in [3.05, 3.63) is 41.7 Å². The van der Waals surface area contributed by atoms with E-state index >= 15 is 0 Å². The first-order valence-corrected chi connectivity index (χ1v) is 8.12. The third-order valence-electron chi connectivity index (χ3n) is 4.58. The van der Waals surface area contributed by atoms with Gasteiger partial charge < -0.3 is 0 Å². The Bertz CT molecular complexity index is 574. The van der Waals surface area contributed by atoms with E-state index in [9.17, 15) is 17.6 Å². The lowest BCUT2D eigenvalue weighted by molar-refractivity contribution is -0.150. The predicted octanol–water partition coefficient (Wildman–Crippen LogP) is 2.71. The van der Waals surface area contributed by atoms with E-state index in [1.807, 2.05) is 0 Å². The first kappa shape index (κ1) is 17.4. The highest BCUT2D eigenvalue weighted by atomic mass is 19.4. The van der Waals surface area contributed by atoms with Gasteiger partial charge in [0.1, 0.15) is 5.82 Å². The highest BCUT2D eigenvalue weighted by molar-refractivity contribution is 5.66. The molecule has 3 rings (SSSR count). The summed E-state index contributed by atoms with van der Waals surface area (Å²) >= 11 is 0. The monoisotopic (exact) mass is 343 g/mol. The smallest absolute Gasteiger partial charge is 0.298 e. The van der Waals surface area contributed by atoms with Gasteiger partial charge in [-0.3, -0.25) is 15.1 Å². The van der Waals surface area contributed by atoms with Gasteiger partial charge in [-0.25, -0.2) is 4.39 Å². The predicted molar refractivity (Wildman–Crippen MR) is 84.9 cm³/mol. The summed E-state index contributed by atoms with van der Waals surface area (Å²) < 4.78 is 50.4. The van der Waals surface area contributed by atoms with E-state index in [2.05, 4.69) is 16.3 Å². The fourth-order valence-electron chi connectivity index (χ4n) is 3.33. The van der Waals surface area contributed by atoms with E-state index in [0.717, 1.165) is 17.6 Å². The molecule has 0 amide bonds. The lowest BCUT2D eigenvalue weighted by atomic mass is 9.97. The minimum atomic E-state index is -4.14. The molecule has 24 heavy (non-hydrogen) atoms. The summed E-state index contributed by atoms with van der Waals surface area (Å²) in [7, 11) is 0. The number of rotatable bonds is 3. The van der Waals surface area contributed by atoms with Gasteiger partial charge in [0.05, 0.1) is 12.7 Å². The molecule has 1 aromatic rings. The first-order valence-electron chi connectivity index (χ1n) is 8.12. The second-order valence-corrected chi connectivity index (χ2v) is 6.29. The zero-order valence-electron chi connectivity index (χ0n) is 13.3. The summed E-state index contributed by atoms with van der Waals surface area (Å²) in [5, 5.41) is 3.40. The molecule has 2 aliphatic heterocycles. The molecule has 1 fully saturated rings. The summed E-state index contributed by atoms with van der Waals surface area (Å²) in [4.78, 5) is 3.65. The van der Waals surface area contributed by atoms with Crippen LogP contribution in [0.1, 0.15) is 12.0 Å². The van der Waals surface area contributed by atoms with Gasteiger partial charge in [0.15, 0.2) is 0 Å². The van der Waals surface area contributed by atoms with Crippen molar-refractivity contribution in [3.8, 4) is 0 Å². The van der Waals surface area contributed by atoms with Crippen LogP contribution in [0.2, 0.25) is 0 Å². The summed E-state index contributed by atoms with van der Waals surface area (Å²) in [6.07, 6.45) is -1.17. The van der Waals surface area contributed by atoms with Crippen molar-refractivity contribution in [1.29, 1.82) is 0 Å². The highest BCUT2D eigenvalue weighted by Crippen LogP contribution is 2.25. The molecule has 0 bridgehead atoms. The molecule has 0 radical (unpaired) electrons. The Hall–Kier alpha value is -1.44. The van der Waals surface area contributed by atoms with Crippen LogP contribution in [0.3, 0.4) is 0 Å². The average Bonchev–Trinajstić information content (AvgIpc) is 2.55. The zero-order valence-corrected chi connectivity index (χ0v) is 13.3. The van der Waals surface area contributed by atoms with Crippen LogP contribution in [0.25, 0.3) is 5.57 Å². The topological polar surface area (TPSA) is 18.5 Å². The van der Waals surface area contributed by atoms with Crippen molar-refractivity contribution in [2.24, 2.45) is 0 Å². The number of nitrogens with zero attached hydrogens (tertiary/aromatic N) is 2. The van der Waals surface area contributed by atoms with Crippen LogP contribution >= 0.6 is 0 Å². The summed E-state index contributed by atoms with van der Waals surface area (Å²) in [6.45, 7) is 1.95. The van der Waals surface area contributed by atoms with Gasteiger partial charge in [-0.05, 0) is 23.3 Å². The van der Waals surface area contributed by atoms with Crippen molar-refractivity contribution in [1.82, 2.24) is 15.1 Å². The molecule has 0 saturated carbocycles. The molecule has 2 aliphatic rings. The minimum Gasteiger partial charge on any atom is -0.298 e. The maximum Gasteiger partial charge on any atom is 0.401 e. The van der Waals surface area contributed by atoms with Gasteiger partial charge >= 0.3 is 6.18 Å². The SMILES string of the molecule is Fc1ccc(C2=CCNC(N3CCN(CC(F)(F)F)CC3)C2)cc1. The molecule has 0 spiro atoms. The third-order valence-corrected chi connectivity index (χ3v) is 4.58. The van der Waals surface area contributed by atoms with Crippen LogP contribution in [-0.4, -0.2) is 61.4 Å². The van der Waals surface area contributed by atoms with Crippen LogP contribution in [0, 0.1) is 5.82 Å². The lowest BCUT2D eigenvalue weighted by Gasteiger charge is -2.41. The minimum absolute atomic E-state index is 0.114. The zero-order chi connectivity index (χ0) is 17.2. The average molecular weight is 343 g/mol. The Balaban J connectivity index is 1.55. The van der Waals surface area contributed by atoms with Crippen molar-refractivity contribution >= 4 is 5.57 Å². The Morgan fingerprint density at radius 1 is 1.04 bits per heavy atom. The van der Waals surface area contributed by atoms with Crippen molar-refractivity contribution in [2.45, 2.75) is 18.8 Å². The third kappa shape index (κ3) is 4.55. The van der Waals surface area contributed by atoms with E-state index in [1.165, 1.54) is 17.0 Å². The fraction of sp³-hybridized carbons (Fsp3) is 0.529. The molecule has 2 heterocycles. The number of hydrogen-bond donors (Lipinski definition) is 1. The van der Waals surface area contributed by atoms with Crippen LogP contribution in [0.15, 0.2) is 30.3 Å². The Morgan fingerprint density at radius 2 is 1.71 bits per heavy atom. The van der Waals surface area contributed by atoms with E-state index in [1.54, 1.807) is 12.1 Å². The summed E-state index contributed by atoms with van der Waals surface area (Å²) in [6, 6.07) is 6.43.